The smallest absolute Gasteiger partial charge is 0.227 e. The van der Waals surface area contributed by atoms with E-state index in [1.165, 1.54) is 10.8 Å². The van der Waals surface area contributed by atoms with Crippen molar-refractivity contribution in [3.8, 4) is 0 Å². The van der Waals surface area contributed by atoms with E-state index in [2.05, 4.69) is 34.9 Å². The molecule has 2 atom stereocenters. The van der Waals surface area contributed by atoms with Gasteiger partial charge in [-0.25, -0.2) is 0 Å². The Balaban J connectivity index is 1.70. The molecular weight excluding hydrogens is 264 g/mol. The fourth-order valence-corrected chi connectivity index (χ4v) is 2.86. The van der Waals surface area contributed by atoms with Crippen LogP contribution in [-0.4, -0.2) is 32.2 Å². The summed E-state index contributed by atoms with van der Waals surface area (Å²) in [7, 11) is 1.87. The molecule has 3 rings (SSSR count). The maximum absolute atomic E-state index is 12.3. The van der Waals surface area contributed by atoms with Crippen LogP contribution in [0, 0.1) is 5.92 Å². The van der Waals surface area contributed by atoms with E-state index in [1.54, 1.807) is 0 Å². The molecule has 0 spiro atoms. The Hall–Kier alpha value is -1.91. The van der Waals surface area contributed by atoms with Crippen molar-refractivity contribution in [3.63, 3.8) is 0 Å². The van der Waals surface area contributed by atoms with Crippen LogP contribution in [0.3, 0.4) is 0 Å². The van der Waals surface area contributed by atoms with Gasteiger partial charge in [0.1, 0.15) is 0 Å². The third-order valence-electron chi connectivity index (χ3n) is 4.12. The van der Waals surface area contributed by atoms with Gasteiger partial charge in [0.05, 0.1) is 19.1 Å². The minimum Gasteiger partial charge on any atom is -0.379 e. The SMILES string of the molecule is CNC1COCC1C(=O)NCc1cccc2ccccc12. The molecule has 0 aromatic heterocycles. The van der Waals surface area contributed by atoms with Gasteiger partial charge in [-0.3, -0.25) is 4.79 Å². The molecule has 1 aliphatic heterocycles. The molecule has 2 aromatic rings. The zero-order chi connectivity index (χ0) is 14.7. The van der Waals surface area contributed by atoms with Crippen molar-refractivity contribution in [2.75, 3.05) is 20.3 Å². The topological polar surface area (TPSA) is 50.4 Å². The first kappa shape index (κ1) is 14.0. The summed E-state index contributed by atoms with van der Waals surface area (Å²) in [6, 6.07) is 14.5. The molecule has 1 heterocycles. The van der Waals surface area contributed by atoms with Crippen LogP contribution in [0.5, 0.6) is 0 Å². The molecule has 4 nitrogen and oxygen atoms in total. The summed E-state index contributed by atoms with van der Waals surface area (Å²) in [5, 5.41) is 8.56. The predicted octanol–water partition coefficient (Wildman–Crippen LogP) is 1.69. The Bertz CT molecular complexity index is 636. The molecule has 110 valence electrons. The first-order valence-corrected chi connectivity index (χ1v) is 7.29. The van der Waals surface area contributed by atoms with Crippen molar-refractivity contribution >= 4 is 16.7 Å². The summed E-state index contributed by atoms with van der Waals surface area (Å²) in [6.07, 6.45) is 0. The zero-order valence-corrected chi connectivity index (χ0v) is 12.1. The summed E-state index contributed by atoms with van der Waals surface area (Å²) < 4.78 is 5.38. The number of likely N-dealkylation sites (N-methyl/N-ethyl adjacent to an activating group) is 1. The van der Waals surface area contributed by atoms with Crippen LogP contribution >= 0.6 is 0 Å². The first-order chi connectivity index (χ1) is 10.3. The number of benzene rings is 2. The Kier molecular flexibility index (Phi) is 4.18. The Morgan fingerprint density at radius 1 is 1.19 bits per heavy atom. The van der Waals surface area contributed by atoms with E-state index in [0.717, 1.165) is 5.56 Å². The van der Waals surface area contributed by atoms with Crippen LogP contribution in [0.2, 0.25) is 0 Å². The maximum atomic E-state index is 12.3. The second-order valence-electron chi connectivity index (χ2n) is 5.40. The van der Waals surface area contributed by atoms with E-state index < -0.39 is 0 Å². The molecule has 1 saturated heterocycles. The normalized spacial score (nSPS) is 21.6. The maximum Gasteiger partial charge on any atom is 0.227 e. The number of hydrogen-bond donors (Lipinski definition) is 2. The van der Waals surface area contributed by atoms with Crippen molar-refractivity contribution in [2.24, 2.45) is 5.92 Å². The predicted molar refractivity (Wildman–Crippen MR) is 83.0 cm³/mol. The van der Waals surface area contributed by atoms with E-state index in [-0.39, 0.29) is 17.9 Å². The average Bonchev–Trinajstić information content (AvgIpc) is 3.01. The lowest BCUT2D eigenvalue weighted by Gasteiger charge is -2.16. The van der Waals surface area contributed by atoms with Gasteiger partial charge in [0.15, 0.2) is 0 Å². The highest BCUT2D eigenvalue weighted by Crippen LogP contribution is 2.19. The third-order valence-corrected chi connectivity index (χ3v) is 4.12. The number of carbonyl (C=O) groups excluding carboxylic acids is 1. The largest absolute Gasteiger partial charge is 0.379 e. The number of amides is 1. The van der Waals surface area contributed by atoms with E-state index >= 15 is 0 Å². The van der Waals surface area contributed by atoms with Gasteiger partial charge in [-0.2, -0.15) is 0 Å². The van der Waals surface area contributed by atoms with E-state index in [0.29, 0.717) is 19.8 Å². The molecule has 21 heavy (non-hydrogen) atoms. The molecule has 1 aliphatic rings. The second kappa shape index (κ2) is 6.24. The van der Waals surface area contributed by atoms with E-state index in [1.807, 2.05) is 25.2 Å². The molecule has 1 fully saturated rings. The highest BCUT2D eigenvalue weighted by atomic mass is 16.5. The van der Waals surface area contributed by atoms with Gasteiger partial charge >= 0.3 is 0 Å². The molecule has 0 aliphatic carbocycles. The van der Waals surface area contributed by atoms with Crippen LogP contribution < -0.4 is 10.6 Å². The van der Waals surface area contributed by atoms with Crippen LogP contribution in [0.15, 0.2) is 42.5 Å². The lowest BCUT2D eigenvalue weighted by atomic mass is 10.0. The van der Waals surface area contributed by atoms with Gasteiger partial charge in [-0.1, -0.05) is 42.5 Å². The van der Waals surface area contributed by atoms with Gasteiger partial charge in [0, 0.05) is 12.6 Å². The van der Waals surface area contributed by atoms with Crippen LogP contribution in [0.1, 0.15) is 5.56 Å². The summed E-state index contributed by atoms with van der Waals surface area (Å²) in [5.74, 6) is -0.0511. The Morgan fingerprint density at radius 3 is 2.86 bits per heavy atom. The lowest BCUT2D eigenvalue weighted by molar-refractivity contribution is -0.125. The lowest BCUT2D eigenvalue weighted by Crippen LogP contribution is -2.42. The highest BCUT2D eigenvalue weighted by Gasteiger charge is 2.32. The molecule has 4 heteroatoms. The van der Waals surface area contributed by atoms with Gasteiger partial charge in [-0.05, 0) is 23.4 Å². The van der Waals surface area contributed by atoms with Gasteiger partial charge in [-0.15, -0.1) is 0 Å². The Labute approximate surface area is 124 Å². The molecular formula is C17H20N2O2. The number of hydrogen-bond acceptors (Lipinski definition) is 3. The van der Waals surface area contributed by atoms with E-state index in [9.17, 15) is 4.79 Å². The minimum atomic E-state index is -0.107. The molecule has 2 unspecified atom stereocenters. The number of carbonyl (C=O) groups is 1. The zero-order valence-electron chi connectivity index (χ0n) is 12.1. The van der Waals surface area contributed by atoms with E-state index in [4.69, 9.17) is 4.74 Å². The Morgan fingerprint density at radius 2 is 2.00 bits per heavy atom. The fraction of sp³-hybridized carbons (Fsp3) is 0.353. The third kappa shape index (κ3) is 2.91. The molecule has 0 saturated carbocycles. The number of rotatable bonds is 4. The van der Waals surface area contributed by atoms with Crippen LogP contribution in [-0.2, 0) is 16.1 Å². The molecule has 1 amide bonds. The monoisotopic (exact) mass is 284 g/mol. The van der Waals surface area contributed by atoms with Crippen molar-refractivity contribution in [1.82, 2.24) is 10.6 Å². The first-order valence-electron chi connectivity index (χ1n) is 7.29. The van der Waals surface area contributed by atoms with Crippen molar-refractivity contribution in [3.05, 3.63) is 48.0 Å². The van der Waals surface area contributed by atoms with Gasteiger partial charge in [0.2, 0.25) is 5.91 Å². The van der Waals surface area contributed by atoms with Crippen molar-refractivity contribution in [2.45, 2.75) is 12.6 Å². The number of nitrogens with one attached hydrogen (secondary N) is 2. The summed E-state index contributed by atoms with van der Waals surface area (Å²) >= 11 is 0. The number of fused-ring (bicyclic) bond motifs is 1. The van der Waals surface area contributed by atoms with Gasteiger partial charge in [0.25, 0.3) is 0 Å². The molecule has 0 radical (unpaired) electrons. The van der Waals surface area contributed by atoms with Crippen molar-refractivity contribution in [1.29, 1.82) is 0 Å². The van der Waals surface area contributed by atoms with Gasteiger partial charge < -0.3 is 15.4 Å². The second-order valence-corrected chi connectivity index (χ2v) is 5.40. The standard InChI is InChI=1S/C17H20N2O2/c1-18-16-11-21-10-15(16)17(20)19-9-13-7-4-6-12-5-2-3-8-14(12)13/h2-8,15-16,18H,9-11H2,1H3,(H,19,20). The molecule has 2 aromatic carbocycles. The minimum absolute atomic E-state index is 0.0554. The molecule has 0 bridgehead atoms. The summed E-state index contributed by atoms with van der Waals surface area (Å²) in [5.41, 5.74) is 1.14. The fourth-order valence-electron chi connectivity index (χ4n) is 2.86. The summed E-state index contributed by atoms with van der Waals surface area (Å²) in [4.78, 5) is 12.3. The number of ether oxygens (including phenoxy) is 1. The summed E-state index contributed by atoms with van der Waals surface area (Å²) in [6.45, 7) is 1.64. The molecule has 2 N–H and O–H groups in total. The quantitative estimate of drug-likeness (QED) is 0.898. The van der Waals surface area contributed by atoms with Crippen molar-refractivity contribution < 1.29 is 9.53 Å². The average molecular weight is 284 g/mol. The van der Waals surface area contributed by atoms with Crippen LogP contribution in [0.25, 0.3) is 10.8 Å². The van der Waals surface area contributed by atoms with Crippen LogP contribution in [0.4, 0.5) is 0 Å². The highest BCUT2D eigenvalue weighted by molar-refractivity contribution is 5.86.